The summed E-state index contributed by atoms with van der Waals surface area (Å²) in [7, 11) is 0. The van der Waals surface area contributed by atoms with Gasteiger partial charge in [-0.05, 0) is 38.4 Å². The van der Waals surface area contributed by atoms with Crippen molar-refractivity contribution in [1.82, 2.24) is 9.88 Å². The predicted octanol–water partition coefficient (Wildman–Crippen LogP) is 2.28. The van der Waals surface area contributed by atoms with Gasteiger partial charge in [0.05, 0.1) is 5.56 Å². The Balaban J connectivity index is 1.76. The van der Waals surface area contributed by atoms with Crippen molar-refractivity contribution in [3.05, 3.63) is 22.8 Å². The lowest BCUT2D eigenvalue weighted by Crippen LogP contribution is -2.35. The molecule has 2 aliphatic heterocycles. The van der Waals surface area contributed by atoms with Crippen LogP contribution in [0.5, 0.6) is 0 Å². The van der Waals surface area contributed by atoms with Crippen molar-refractivity contribution in [2.24, 2.45) is 0 Å². The third-order valence-electron chi connectivity index (χ3n) is 4.11. The van der Waals surface area contributed by atoms with Crippen LogP contribution < -0.4 is 4.90 Å². The Kier molecular flexibility index (Phi) is 3.58. The second-order valence-corrected chi connectivity index (χ2v) is 5.62. The molecule has 1 atom stereocenters. The number of anilines is 1. The number of nitrogens with zero attached hydrogens (tertiary/aromatic N) is 4. The molecule has 1 unspecified atom stereocenters. The van der Waals surface area contributed by atoms with Crippen molar-refractivity contribution in [2.45, 2.75) is 25.3 Å². The molecule has 5 heteroatoms. The molecule has 0 N–H and O–H groups in total. The smallest absolute Gasteiger partial charge is 0.148 e. The van der Waals surface area contributed by atoms with Crippen LogP contribution in [0.1, 0.15) is 24.8 Å². The van der Waals surface area contributed by atoms with Crippen molar-refractivity contribution in [3.63, 3.8) is 0 Å². The fraction of sp³-hybridized carbons (Fsp3) is 0.571. The second-order valence-electron chi connectivity index (χ2n) is 5.24. The van der Waals surface area contributed by atoms with Gasteiger partial charge in [0.15, 0.2) is 0 Å². The number of nitriles is 1. The Bertz CT molecular complexity index is 505. The average Bonchev–Trinajstić information content (AvgIpc) is 3.09. The Hall–Kier alpha value is -1.31. The van der Waals surface area contributed by atoms with Gasteiger partial charge in [0.1, 0.15) is 16.9 Å². The zero-order valence-corrected chi connectivity index (χ0v) is 11.6. The molecule has 2 aliphatic rings. The van der Waals surface area contributed by atoms with Crippen LogP contribution in [0.2, 0.25) is 5.02 Å². The third-order valence-corrected chi connectivity index (χ3v) is 4.48. The summed E-state index contributed by atoms with van der Waals surface area (Å²) in [4.78, 5) is 9.14. The van der Waals surface area contributed by atoms with E-state index in [0.29, 0.717) is 16.6 Å². The third kappa shape index (κ3) is 2.41. The van der Waals surface area contributed by atoms with Gasteiger partial charge in [0, 0.05) is 25.3 Å². The first-order chi connectivity index (χ1) is 9.29. The molecule has 3 heterocycles. The van der Waals surface area contributed by atoms with Crippen molar-refractivity contribution in [3.8, 4) is 6.07 Å². The van der Waals surface area contributed by atoms with Gasteiger partial charge in [-0.25, -0.2) is 4.98 Å². The minimum absolute atomic E-state index is 0.493. The summed E-state index contributed by atoms with van der Waals surface area (Å²) in [5, 5.41) is 9.51. The average molecular weight is 277 g/mol. The number of likely N-dealkylation sites (tertiary alicyclic amines) is 1. The van der Waals surface area contributed by atoms with Crippen molar-refractivity contribution in [1.29, 1.82) is 5.26 Å². The number of hydrogen-bond donors (Lipinski definition) is 0. The first-order valence-electron chi connectivity index (χ1n) is 6.83. The number of aromatic nitrogens is 1. The molecule has 0 spiro atoms. The monoisotopic (exact) mass is 276 g/mol. The maximum Gasteiger partial charge on any atom is 0.148 e. The predicted molar refractivity (Wildman–Crippen MR) is 75.4 cm³/mol. The van der Waals surface area contributed by atoms with Crippen molar-refractivity contribution < 1.29 is 0 Å². The van der Waals surface area contributed by atoms with E-state index in [-0.39, 0.29) is 0 Å². The summed E-state index contributed by atoms with van der Waals surface area (Å²) in [6, 6.07) is 4.40. The first-order valence-corrected chi connectivity index (χ1v) is 7.21. The van der Waals surface area contributed by atoms with Crippen LogP contribution in [0.3, 0.4) is 0 Å². The summed E-state index contributed by atoms with van der Waals surface area (Å²) in [5.74, 6) is 0.766. The van der Waals surface area contributed by atoms with Gasteiger partial charge in [0.25, 0.3) is 0 Å². The van der Waals surface area contributed by atoms with E-state index in [4.69, 9.17) is 16.9 Å². The molecule has 1 aromatic rings. The van der Waals surface area contributed by atoms with Crippen molar-refractivity contribution >= 4 is 17.4 Å². The van der Waals surface area contributed by atoms with Gasteiger partial charge in [-0.1, -0.05) is 11.6 Å². The molecule has 100 valence electrons. The molecule has 0 saturated carbocycles. The number of halogens is 1. The van der Waals surface area contributed by atoms with E-state index in [1.807, 2.05) is 0 Å². The Morgan fingerprint density at radius 3 is 2.84 bits per heavy atom. The van der Waals surface area contributed by atoms with Gasteiger partial charge in [-0.15, -0.1) is 0 Å². The van der Waals surface area contributed by atoms with Crippen LogP contribution in [-0.4, -0.2) is 42.1 Å². The lowest BCUT2D eigenvalue weighted by molar-refractivity contribution is 0.260. The summed E-state index contributed by atoms with van der Waals surface area (Å²) in [6.45, 7) is 4.39. The van der Waals surface area contributed by atoms with E-state index in [0.717, 1.165) is 25.3 Å². The van der Waals surface area contributed by atoms with E-state index in [1.165, 1.54) is 25.9 Å². The summed E-state index contributed by atoms with van der Waals surface area (Å²) in [6.07, 6.45) is 5.47. The van der Waals surface area contributed by atoms with E-state index < -0.39 is 0 Å². The molecule has 0 bridgehead atoms. The molecule has 0 aliphatic carbocycles. The highest BCUT2D eigenvalue weighted by Gasteiger charge is 2.30. The van der Waals surface area contributed by atoms with Crippen LogP contribution in [0, 0.1) is 11.3 Å². The van der Waals surface area contributed by atoms with Crippen LogP contribution in [0.4, 0.5) is 5.82 Å². The van der Waals surface area contributed by atoms with E-state index in [9.17, 15) is 0 Å². The van der Waals surface area contributed by atoms with Gasteiger partial charge >= 0.3 is 0 Å². The van der Waals surface area contributed by atoms with Gasteiger partial charge < -0.3 is 4.90 Å². The van der Waals surface area contributed by atoms with Gasteiger partial charge in [-0.2, -0.15) is 5.26 Å². The SMILES string of the molecule is N#Cc1ccnc(N2CCC(N3CCCC3)C2)c1Cl. The van der Waals surface area contributed by atoms with E-state index in [2.05, 4.69) is 20.9 Å². The number of rotatable bonds is 2. The summed E-state index contributed by atoms with van der Waals surface area (Å²) in [5.41, 5.74) is 0.510. The number of pyridine rings is 1. The zero-order valence-electron chi connectivity index (χ0n) is 10.8. The minimum Gasteiger partial charge on any atom is -0.354 e. The first kappa shape index (κ1) is 12.7. The van der Waals surface area contributed by atoms with Gasteiger partial charge in [-0.3, -0.25) is 4.90 Å². The highest BCUT2D eigenvalue weighted by Crippen LogP contribution is 2.30. The minimum atomic E-state index is 0.493. The fourth-order valence-electron chi connectivity index (χ4n) is 3.08. The molecular formula is C14H17ClN4. The van der Waals surface area contributed by atoms with Crippen LogP contribution in [0.15, 0.2) is 12.3 Å². The largest absolute Gasteiger partial charge is 0.354 e. The Labute approximate surface area is 118 Å². The molecule has 0 radical (unpaired) electrons. The second kappa shape index (κ2) is 5.36. The zero-order chi connectivity index (χ0) is 13.2. The van der Waals surface area contributed by atoms with E-state index in [1.54, 1.807) is 12.3 Å². The molecule has 0 aromatic carbocycles. The maximum absolute atomic E-state index is 9.02. The van der Waals surface area contributed by atoms with Crippen molar-refractivity contribution in [2.75, 3.05) is 31.1 Å². The van der Waals surface area contributed by atoms with E-state index >= 15 is 0 Å². The molecule has 2 saturated heterocycles. The summed E-state index contributed by atoms with van der Waals surface area (Å²) >= 11 is 6.26. The topological polar surface area (TPSA) is 43.2 Å². The Morgan fingerprint density at radius 2 is 2.11 bits per heavy atom. The summed E-state index contributed by atoms with van der Waals surface area (Å²) < 4.78 is 0. The number of hydrogen-bond acceptors (Lipinski definition) is 4. The molecule has 4 nitrogen and oxygen atoms in total. The molecule has 0 amide bonds. The normalized spacial score (nSPS) is 23.8. The lowest BCUT2D eigenvalue weighted by Gasteiger charge is -2.24. The van der Waals surface area contributed by atoms with Crippen LogP contribution in [0.25, 0.3) is 0 Å². The lowest BCUT2D eigenvalue weighted by atomic mass is 10.2. The quantitative estimate of drug-likeness (QED) is 0.831. The molecule has 1 aromatic heterocycles. The van der Waals surface area contributed by atoms with Crippen LogP contribution in [-0.2, 0) is 0 Å². The molecule has 3 rings (SSSR count). The Morgan fingerprint density at radius 1 is 1.32 bits per heavy atom. The molecular weight excluding hydrogens is 260 g/mol. The standard InChI is InChI=1S/C14H17ClN4/c15-13-11(9-16)3-5-17-14(13)19-8-4-12(10-19)18-6-1-2-7-18/h3,5,12H,1-2,4,6-8,10H2. The van der Waals surface area contributed by atoms with Crippen LogP contribution >= 0.6 is 11.6 Å². The highest BCUT2D eigenvalue weighted by molar-refractivity contribution is 6.34. The highest BCUT2D eigenvalue weighted by atomic mass is 35.5. The maximum atomic E-state index is 9.02. The van der Waals surface area contributed by atoms with Gasteiger partial charge in [0.2, 0.25) is 0 Å². The molecule has 19 heavy (non-hydrogen) atoms. The fourth-order valence-corrected chi connectivity index (χ4v) is 3.35. The molecule has 2 fully saturated rings.